The number of rotatable bonds is 0. The predicted octanol–water partition coefficient (Wildman–Crippen LogP) is -0.518. The fourth-order valence-corrected chi connectivity index (χ4v) is 0.369. The number of terminal acetylenes is 1. The van der Waals surface area contributed by atoms with E-state index in [1.54, 1.807) is 19.0 Å². The molecule has 4 nitrogen and oxygen atoms in total. The summed E-state index contributed by atoms with van der Waals surface area (Å²) in [4.78, 5) is 8.98. The molecule has 0 fully saturated rings. The summed E-state index contributed by atoms with van der Waals surface area (Å²) < 4.78 is 0. The molecule has 0 atom stereocenters. The Morgan fingerprint density at radius 2 is 2.30 bits per heavy atom. The third-order valence-electron chi connectivity index (χ3n) is 0.755. The lowest BCUT2D eigenvalue weighted by atomic mass is 10.8. The van der Waals surface area contributed by atoms with Crippen LogP contribution in [-0.4, -0.2) is 31.3 Å². The number of aliphatic imine (C=N–C) groups is 2. The molecule has 0 aromatic heterocycles. The lowest BCUT2D eigenvalue weighted by Gasteiger charge is -2.07. The molecule has 0 spiro atoms. The standard InChI is InChI=1S/C6H10N4/c1-4-8-6(9-5-7)10(2)3/h1,5H,2-3H3,(H2,7,8,9). The van der Waals surface area contributed by atoms with E-state index in [0.717, 1.165) is 6.34 Å². The molecule has 2 N–H and O–H groups in total. The summed E-state index contributed by atoms with van der Waals surface area (Å²) in [5, 5.41) is 0. The summed E-state index contributed by atoms with van der Waals surface area (Å²) in [5.74, 6) is 0.421. The van der Waals surface area contributed by atoms with Gasteiger partial charge in [-0.2, -0.15) is 4.99 Å². The maximum Gasteiger partial charge on any atom is 0.235 e. The number of nitrogens with zero attached hydrogens (tertiary/aromatic N) is 3. The van der Waals surface area contributed by atoms with Crippen LogP contribution in [0, 0.1) is 12.5 Å². The zero-order valence-electron chi connectivity index (χ0n) is 6.07. The molecule has 0 aliphatic heterocycles. The Bertz CT molecular complexity index is 184. The van der Waals surface area contributed by atoms with Crippen molar-refractivity contribution in [2.24, 2.45) is 15.7 Å². The summed E-state index contributed by atoms with van der Waals surface area (Å²) in [5.41, 5.74) is 5.03. The molecule has 0 aromatic rings. The highest BCUT2D eigenvalue weighted by Crippen LogP contribution is 1.82. The average molecular weight is 138 g/mol. The third kappa shape index (κ3) is 2.72. The highest BCUT2D eigenvalue weighted by Gasteiger charge is 1.94. The van der Waals surface area contributed by atoms with E-state index in [4.69, 9.17) is 12.2 Å². The average Bonchev–Trinajstić information content (AvgIpc) is 1.87. The minimum Gasteiger partial charge on any atom is -0.390 e. The van der Waals surface area contributed by atoms with Crippen molar-refractivity contribution in [2.75, 3.05) is 14.1 Å². The van der Waals surface area contributed by atoms with Gasteiger partial charge in [0.25, 0.3) is 0 Å². The van der Waals surface area contributed by atoms with Crippen molar-refractivity contribution in [3.05, 3.63) is 0 Å². The lowest BCUT2D eigenvalue weighted by Crippen LogP contribution is -2.20. The zero-order chi connectivity index (χ0) is 7.98. The monoisotopic (exact) mass is 138 g/mol. The second kappa shape index (κ2) is 4.39. The van der Waals surface area contributed by atoms with E-state index in [1.807, 2.05) is 0 Å². The number of hydrogen-bond donors (Lipinski definition) is 1. The van der Waals surface area contributed by atoms with Crippen LogP contribution in [0.15, 0.2) is 9.98 Å². The molecule has 4 heteroatoms. The van der Waals surface area contributed by atoms with E-state index in [0.29, 0.717) is 5.96 Å². The molecule has 0 aromatic carbocycles. The van der Waals surface area contributed by atoms with Gasteiger partial charge in [0.1, 0.15) is 0 Å². The Morgan fingerprint density at radius 3 is 2.60 bits per heavy atom. The van der Waals surface area contributed by atoms with Gasteiger partial charge in [-0.05, 0) is 0 Å². The SMILES string of the molecule is C#CN=C(/N=C/N)N(C)C. The maximum absolute atomic E-state index is 5.03. The fourth-order valence-electron chi connectivity index (χ4n) is 0.369. The highest BCUT2D eigenvalue weighted by atomic mass is 15.2. The fraction of sp³-hybridized carbons (Fsp3) is 0.333. The van der Waals surface area contributed by atoms with Crippen molar-refractivity contribution in [1.29, 1.82) is 0 Å². The largest absolute Gasteiger partial charge is 0.390 e. The summed E-state index contributed by atoms with van der Waals surface area (Å²) in [7, 11) is 3.56. The van der Waals surface area contributed by atoms with Crippen LogP contribution in [0.4, 0.5) is 0 Å². The van der Waals surface area contributed by atoms with Crippen LogP contribution >= 0.6 is 0 Å². The van der Waals surface area contributed by atoms with Crippen LogP contribution in [0.1, 0.15) is 0 Å². The van der Waals surface area contributed by atoms with Gasteiger partial charge in [-0.25, -0.2) is 4.99 Å². The van der Waals surface area contributed by atoms with Crippen molar-refractivity contribution >= 4 is 12.3 Å². The predicted molar refractivity (Wildman–Crippen MR) is 42.6 cm³/mol. The molecular formula is C6H10N4. The van der Waals surface area contributed by atoms with Crippen molar-refractivity contribution in [3.63, 3.8) is 0 Å². The van der Waals surface area contributed by atoms with Crippen LogP contribution in [0.2, 0.25) is 0 Å². The summed E-state index contributed by atoms with van der Waals surface area (Å²) in [6.07, 6.45) is 6.07. The topological polar surface area (TPSA) is 54.0 Å². The van der Waals surface area contributed by atoms with Crippen LogP contribution in [0.5, 0.6) is 0 Å². The number of guanidine groups is 1. The molecule has 10 heavy (non-hydrogen) atoms. The van der Waals surface area contributed by atoms with Gasteiger partial charge in [-0.3, -0.25) is 0 Å². The van der Waals surface area contributed by atoms with Crippen molar-refractivity contribution in [1.82, 2.24) is 4.90 Å². The molecule has 0 rings (SSSR count). The molecule has 0 unspecified atom stereocenters. The third-order valence-corrected chi connectivity index (χ3v) is 0.755. The second-order valence-corrected chi connectivity index (χ2v) is 1.71. The Balaban J connectivity index is 4.30. The zero-order valence-corrected chi connectivity index (χ0v) is 6.07. The van der Waals surface area contributed by atoms with Crippen LogP contribution in [-0.2, 0) is 0 Å². The van der Waals surface area contributed by atoms with Crippen molar-refractivity contribution < 1.29 is 0 Å². The molecule has 0 amide bonds. The molecule has 0 radical (unpaired) electrons. The maximum atomic E-state index is 5.03. The van der Waals surface area contributed by atoms with E-state index in [-0.39, 0.29) is 0 Å². The first-order chi connectivity index (χ1) is 4.72. The van der Waals surface area contributed by atoms with E-state index < -0.39 is 0 Å². The van der Waals surface area contributed by atoms with Gasteiger partial charge in [-0.1, -0.05) is 6.42 Å². The van der Waals surface area contributed by atoms with Crippen LogP contribution in [0.25, 0.3) is 0 Å². The van der Waals surface area contributed by atoms with Gasteiger partial charge < -0.3 is 10.6 Å². The molecule has 0 bridgehead atoms. The minimum atomic E-state index is 0.421. The van der Waals surface area contributed by atoms with E-state index in [1.165, 1.54) is 0 Å². The van der Waals surface area contributed by atoms with Gasteiger partial charge in [0, 0.05) is 20.1 Å². The Hall–Kier alpha value is -1.50. The number of nitrogens with two attached hydrogens (primary N) is 1. The van der Waals surface area contributed by atoms with E-state index in [9.17, 15) is 0 Å². The molecule has 0 aliphatic rings. The molecular weight excluding hydrogens is 128 g/mol. The first-order valence-electron chi connectivity index (χ1n) is 2.67. The Morgan fingerprint density at radius 1 is 1.70 bits per heavy atom. The smallest absolute Gasteiger partial charge is 0.235 e. The molecule has 0 saturated heterocycles. The Labute approximate surface area is 60.5 Å². The van der Waals surface area contributed by atoms with Crippen molar-refractivity contribution in [2.45, 2.75) is 0 Å². The van der Waals surface area contributed by atoms with Crippen molar-refractivity contribution in [3.8, 4) is 12.5 Å². The molecule has 0 aliphatic carbocycles. The Kier molecular flexibility index (Phi) is 3.73. The lowest BCUT2D eigenvalue weighted by molar-refractivity contribution is 0.616. The first kappa shape index (κ1) is 8.50. The molecule has 54 valence electrons. The van der Waals surface area contributed by atoms with Crippen LogP contribution in [0.3, 0.4) is 0 Å². The first-order valence-corrected chi connectivity index (χ1v) is 2.67. The summed E-state index contributed by atoms with van der Waals surface area (Å²) >= 11 is 0. The highest BCUT2D eigenvalue weighted by molar-refractivity contribution is 5.87. The van der Waals surface area contributed by atoms with Gasteiger partial charge in [0.05, 0.1) is 6.34 Å². The minimum absolute atomic E-state index is 0.421. The van der Waals surface area contributed by atoms with Gasteiger partial charge in [0.2, 0.25) is 5.96 Å². The van der Waals surface area contributed by atoms with Gasteiger partial charge in [-0.15, -0.1) is 0 Å². The van der Waals surface area contributed by atoms with Gasteiger partial charge >= 0.3 is 0 Å². The number of hydrogen-bond acceptors (Lipinski definition) is 1. The normalized spacial score (nSPS) is 11.5. The molecule has 0 saturated carbocycles. The van der Waals surface area contributed by atoms with E-state index >= 15 is 0 Å². The second-order valence-electron chi connectivity index (χ2n) is 1.71. The summed E-state index contributed by atoms with van der Waals surface area (Å²) in [6, 6.07) is 2.11. The van der Waals surface area contributed by atoms with E-state index in [2.05, 4.69) is 16.0 Å². The van der Waals surface area contributed by atoms with Crippen LogP contribution < -0.4 is 5.73 Å². The molecule has 0 heterocycles. The quantitative estimate of drug-likeness (QED) is 0.278. The summed E-state index contributed by atoms with van der Waals surface area (Å²) in [6.45, 7) is 0. The van der Waals surface area contributed by atoms with Gasteiger partial charge in [0.15, 0.2) is 0 Å².